The zero-order chi connectivity index (χ0) is 29.9. The predicted molar refractivity (Wildman–Crippen MR) is 169 cm³/mol. The molecule has 6 rings (SSSR count). The van der Waals surface area contributed by atoms with Crippen molar-refractivity contribution < 1.29 is 19.1 Å². The van der Waals surface area contributed by atoms with Gasteiger partial charge in [-0.25, -0.2) is 9.79 Å². The summed E-state index contributed by atoms with van der Waals surface area (Å²) >= 11 is 7.57. The Hall–Kier alpha value is -4.54. The van der Waals surface area contributed by atoms with Crippen LogP contribution in [0.25, 0.3) is 28.1 Å². The van der Waals surface area contributed by atoms with Crippen molar-refractivity contribution in [2.75, 3.05) is 11.9 Å². The Labute approximate surface area is 256 Å². The third-order valence-corrected chi connectivity index (χ3v) is 8.45. The molecule has 9 nitrogen and oxygen atoms in total. The molecule has 2 aromatic heterocycles. The first kappa shape index (κ1) is 28.6. The standard InChI is InChI=1S/C32H26ClN5O4S/c1-2-42-31(41)23-17-35-25-9-6-18(14-22(25)28(23)19-10-12-34-13-11-19)15-27-30(40)38-32(43-27)37-26-16-21(7-8-24(26)33)36-29(39)20-4-3-5-20/h6-17,20H,2-5H2,1H3,(H,36,39)(H,37,38,40). The van der Waals surface area contributed by atoms with Crippen molar-refractivity contribution in [1.82, 2.24) is 15.3 Å². The normalized spacial score (nSPS) is 16.7. The van der Waals surface area contributed by atoms with E-state index < -0.39 is 5.97 Å². The number of nitrogens with one attached hydrogen (secondary N) is 2. The average Bonchev–Trinajstić information content (AvgIpc) is 3.31. The van der Waals surface area contributed by atoms with Crippen LogP contribution in [0.2, 0.25) is 5.02 Å². The van der Waals surface area contributed by atoms with E-state index in [0.717, 1.165) is 35.8 Å². The van der Waals surface area contributed by atoms with E-state index in [9.17, 15) is 14.4 Å². The number of ether oxygens (including phenoxy) is 1. The lowest BCUT2D eigenvalue weighted by Crippen LogP contribution is -2.27. The Kier molecular flexibility index (Phi) is 8.22. The topological polar surface area (TPSA) is 123 Å². The van der Waals surface area contributed by atoms with E-state index in [4.69, 9.17) is 16.3 Å². The number of carbonyl (C=O) groups excluding carboxylic acids is 3. The lowest BCUT2D eigenvalue weighted by Gasteiger charge is -2.24. The van der Waals surface area contributed by atoms with E-state index >= 15 is 0 Å². The van der Waals surface area contributed by atoms with Gasteiger partial charge in [-0.2, -0.15) is 0 Å². The fourth-order valence-corrected chi connectivity index (χ4v) is 5.82. The number of pyridine rings is 2. The molecule has 0 unspecified atom stereocenters. The Balaban J connectivity index is 1.31. The van der Waals surface area contributed by atoms with E-state index in [-0.39, 0.29) is 24.3 Å². The fraction of sp³-hybridized carbons (Fsp3) is 0.188. The number of carbonyl (C=O) groups is 3. The number of rotatable bonds is 7. The second-order valence-corrected chi connectivity index (χ2v) is 11.5. The molecule has 2 fully saturated rings. The number of fused-ring (bicyclic) bond motifs is 1. The second kappa shape index (κ2) is 12.4. The van der Waals surface area contributed by atoms with Crippen LogP contribution in [-0.4, -0.2) is 39.5 Å². The smallest absolute Gasteiger partial charge is 0.340 e. The quantitative estimate of drug-likeness (QED) is 0.175. The summed E-state index contributed by atoms with van der Waals surface area (Å²) in [7, 11) is 0. The lowest BCUT2D eigenvalue weighted by molar-refractivity contribution is -0.122. The zero-order valence-corrected chi connectivity index (χ0v) is 24.7. The molecule has 2 aromatic carbocycles. The number of aliphatic imine (C=N–C) groups is 1. The van der Waals surface area contributed by atoms with Gasteiger partial charge < -0.3 is 15.4 Å². The van der Waals surface area contributed by atoms with E-state index in [2.05, 4.69) is 25.6 Å². The Bertz CT molecular complexity index is 1820. The van der Waals surface area contributed by atoms with E-state index in [0.29, 0.717) is 43.1 Å². The molecule has 2 aliphatic rings. The van der Waals surface area contributed by atoms with Gasteiger partial charge >= 0.3 is 5.97 Å². The third kappa shape index (κ3) is 6.16. The monoisotopic (exact) mass is 611 g/mol. The van der Waals surface area contributed by atoms with Crippen LogP contribution < -0.4 is 10.6 Å². The Morgan fingerprint density at radius 2 is 1.98 bits per heavy atom. The van der Waals surface area contributed by atoms with Gasteiger partial charge in [-0.05, 0) is 91.2 Å². The van der Waals surface area contributed by atoms with Crippen molar-refractivity contribution in [1.29, 1.82) is 0 Å². The molecule has 1 saturated carbocycles. The summed E-state index contributed by atoms with van der Waals surface area (Å²) in [6.45, 7) is 1.99. The molecule has 2 N–H and O–H groups in total. The molecule has 11 heteroatoms. The maximum atomic E-state index is 12.9. The summed E-state index contributed by atoms with van der Waals surface area (Å²) in [5.74, 6) is -0.731. The van der Waals surface area contributed by atoms with Crippen molar-refractivity contribution in [2.45, 2.75) is 26.2 Å². The highest BCUT2D eigenvalue weighted by Gasteiger charge is 2.26. The number of aromatic nitrogens is 2. The molecule has 4 aromatic rings. The molecule has 0 atom stereocenters. The summed E-state index contributed by atoms with van der Waals surface area (Å²) in [6, 6.07) is 14.3. The molecular weight excluding hydrogens is 586 g/mol. The summed E-state index contributed by atoms with van der Waals surface area (Å²) in [5.41, 5.74) is 4.27. The number of amidine groups is 1. The number of hydrogen-bond acceptors (Lipinski definition) is 8. The average molecular weight is 612 g/mol. The van der Waals surface area contributed by atoms with Crippen LogP contribution >= 0.6 is 23.4 Å². The number of anilines is 1. The molecule has 0 bridgehead atoms. The molecule has 43 heavy (non-hydrogen) atoms. The maximum absolute atomic E-state index is 12.9. The molecule has 2 amide bonds. The van der Waals surface area contributed by atoms with Crippen LogP contribution in [0.15, 0.2) is 77.0 Å². The highest BCUT2D eigenvalue weighted by Crippen LogP contribution is 2.36. The molecule has 216 valence electrons. The van der Waals surface area contributed by atoms with Crippen LogP contribution in [0.5, 0.6) is 0 Å². The maximum Gasteiger partial charge on any atom is 0.340 e. The Morgan fingerprint density at radius 1 is 1.16 bits per heavy atom. The number of thioether (sulfide) groups is 1. The number of halogens is 1. The summed E-state index contributed by atoms with van der Waals surface area (Å²) < 4.78 is 5.30. The number of nitrogens with zero attached hydrogens (tertiary/aromatic N) is 3. The van der Waals surface area contributed by atoms with E-state index in [1.165, 1.54) is 18.0 Å². The van der Waals surface area contributed by atoms with E-state index in [1.807, 2.05) is 30.3 Å². The van der Waals surface area contributed by atoms with Crippen LogP contribution in [0.3, 0.4) is 0 Å². The molecule has 1 aliphatic heterocycles. The van der Waals surface area contributed by atoms with Gasteiger partial charge in [-0.15, -0.1) is 0 Å². The first-order chi connectivity index (χ1) is 20.9. The first-order valence-corrected chi connectivity index (χ1v) is 15.0. The first-order valence-electron chi connectivity index (χ1n) is 13.8. The van der Waals surface area contributed by atoms with Gasteiger partial charge in [0, 0.05) is 41.1 Å². The van der Waals surface area contributed by atoms with Gasteiger partial charge in [0.1, 0.15) is 0 Å². The SMILES string of the molecule is CCOC(=O)c1cnc2ccc(C=C3SC(=Nc4cc(NC(=O)C5CCC5)ccc4Cl)NC3=O)cc2c1-c1ccncc1. The minimum absolute atomic E-state index is 0.00649. The van der Waals surface area contributed by atoms with Gasteiger partial charge in [0.2, 0.25) is 5.91 Å². The Morgan fingerprint density at radius 3 is 2.72 bits per heavy atom. The van der Waals surface area contributed by atoms with E-state index in [1.54, 1.807) is 43.6 Å². The van der Waals surface area contributed by atoms with Crippen LogP contribution in [0.1, 0.15) is 42.1 Å². The fourth-order valence-electron chi connectivity index (χ4n) is 4.83. The molecule has 0 spiro atoms. The van der Waals surface area contributed by atoms with Crippen molar-refractivity contribution in [3.63, 3.8) is 0 Å². The molecule has 0 radical (unpaired) electrons. The largest absolute Gasteiger partial charge is 0.462 e. The van der Waals surface area contributed by atoms with Gasteiger partial charge in [0.25, 0.3) is 5.91 Å². The summed E-state index contributed by atoms with van der Waals surface area (Å²) in [6.07, 6.45) is 9.47. The summed E-state index contributed by atoms with van der Waals surface area (Å²) in [5, 5.41) is 7.21. The van der Waals surface area contributed by atoms with Crippen LogP contribution in [-0.2, 0) is 14.3 Å². The minimum atomic E-state index is -0.468. The van der Waals surface area contributed by atoms with Crippen molar-refractivity contribution in [3.8, 4) is 11.1 Å². The number of benzene rings is 2. The van der Waals surface area contributed by atoms with Crippen LogP contribution in [0, 0.1) is 5.92 Å². The molecule has 1 aliphatic carbocycles. The number of esters is 1. The number of amides is 2. The third-order valence-electron chi connectivity index (χ3n) is 7.22. The van der Waals surface area contributed by atoms with Gasteiger partial charge in [0.15, 0.2) is 5.17 Å². The van der Waals surface area contributed by atoms with Crippen molar-refractivity contribution in [2.24, 2.45) is 10.9 Å². The molecule has 1 saturated heterocycles. The zero-order valence-electron chi connectivity index (χ0n) is 23.1. The second-order valence-electron chi connectivity index (χ2n) is 10.0. The number of hydrogen-bond donors (Lipinski definition) is 2. The molecular formula is C32H26ClN5O4S. The minimum Gasteiger partial charge on any atom is -0.462 e. The lowest BCUT2D eigenvalue weighted by atomic mass is 9.85. The van der Waals surface area contributed by atoms with Gasteiger partial charge in [-0.3, -0.25) is 19.6 Å². The molecule has 3 heterocycles. The highest BCUT2D eigenvalue weighted by atomic mass is 35.5. The summed E-state index contributed by atoms with van der Waals surface area (Å²) in [4.78, 5) is 51.7. The van der Waals surface area contributed by atoms with Crippen molar-refractivity contribution in [3.05, 3.63) is 88.2 Å². The van der Waals surface area contributed by atoms with Crippen LogP contribution in [0.4, 0.5) is 11.4 Å². The van der Waals surface area contributed by atoms with Gasteiger partial charge in [-0.1, -0.05) is 24.1 Å². The predicted octanol–water partition coefficient (Wildman–Crippen LogP) is 6.76. The highest BCUT2D eigenvalue weighted by molar-refractivity contribution is 8.18. The van der Waals surface area contributed by atoms with Gasteiger partial charge in [0.05, 0.1) is 33.3 Å². The van der Waals surface area contributed by atoms with Crippen molar-refractivity contribution >= 4 is 74.7 Å².